The molecule has 1 aromatic carbocycles. The van der Waals surface area contributed by atoms with E-state index in [2.05, 4.69) is 22.4 Å². The van der Waals surface area contributed by atoms with Gasteiger partial charge < -0.3 is 11.1 Å². The number of sulfone groups is 1. The first-order valence-electron chi connectivity index (χ1n) is 7.95. The maximum absolute atomic E-state index is 12.0. The van der Waals surface area contributed by atoms with Gasteiger partial charge in [0.1, 0.15) is 0 Å². The fraction of sp³-hybridized carbons (Fsp3) is 0.562. The molecule has 0 aromatic heterocycles. The molecule has 0 bridgehead atoms. The van der Waals surface area contributed by atoms with Crippen LogP contribution in [0.1, 0.15) is 36.8 Å². The van der Waals surface area contributed by atoms with Crippen LogP contribution in [0, 0.1) is 0 Å². The van der Waals surface area contributed by atoms with Gasteiger partial charge in [0.05, 0.1) is 17.5 Å². The molecule has 0 amide bonds. The first-order chi connectivity index (χ1) is 10.5. The van der Waals surface area contributed by atoms with Crippen LogP contribution >= 0.6 is 24.0 Å². The zero-order valence-corrected chi connectivity index (χ0v) is 16.3. The molecule has 3 N–H and O–H groups in total. The number of nitrogens with two attached hydrogens (primary N) is 1. The van der Waals surface area contributed by atoms with E-state index in [1.165, 1.54) is 17.5 Å². The molecule has 1 unspecified atom stereocenters. The molecule has 3 rings (SSSR count). The molecular weight excluding hydrogens is 425 g/mol. The smallest absolute Gasteiger partial charge is 0.193 e. The average molecular weight is 449 g/mol. The summed E-state index contributed by atoms with van der Waals surface area (Å²) in [5.41, 5.74) is 9.60. The number of halogens is 1. The first-order valence-corrected chi connectivity index (χ1v) is 9.66. The Labute approximate surface area is 155 Å². The van der Waals surface area contributed by atoms with Crippen molar-refractivity contribution in [1.29, 1.82) is 0 Å². The quantitative estimate of drug-likeness (QED) is 0.422. The molecule has 2 aliphatic rings. The van der Waals surface area contributed by atoms with Crippen molar-refractivity contribution in [3.05, 3.63) is 29.3 Å². The molecule has 1 heterocycles. The third-order valence-corrected chi connectivity index (χ3v) is 6.81. The van der Waals surface area contributed by atoms with Crippen molar-refractivity contribution < 1.29 is 8.42 Å². The van der Waals surface area contributed by atoms with Gasteiger partial charge in [0, 0.05) is 5.69 Å². The van der Waals surface area contributed by atoms with Crippen LogP contribution < -0.4 is 11.1 Å². The van der Waals surface area contributed by atoms with Gasteiger partial charge in [-0.3, -0.25) is 4.99 Å². The fourth-order valence-electron chi connectivity index (χ4n) is 3.26. The number of nitrogens with zero attached hydrogens (tertiary/aromatic N) is 1. The van der Waals surface area contributed by atoms with E-state index < -0.39 is 9.84 Å². The predicted molar refractivity (Wildman–Crippen MR) is 105 cm³/mol. The van der Waals surface area contributed by atoms with E-state index >= 15 is 0 Å². The lowest BCUT2D eigenvalue weighted by Crippen LogP contribution is -2.32. The van der Waals surface area contributed by atoms with Gasteiger partial charge in [-0.15, -0.1) is 24.0 Å². The van der Waals surface area contributed by atoms with Gasteiger partial charge >= 0.3 is 0 Å². The third kappa shape index (κ3) is 4.59. The highest BCUT2D eigenvalue weighted by Crippen LogP contribution is 2.25. The molecule has 1 saturated heterocycles. The van der Waals surface area contributed by atoms with Crippen LogP contribution in [-0.2, 0) is 22.7 Å². The number of hydrogen-bond acceptors (Lipinski definition) is 3. The van der Waals surface area contributed by atoms with Crippen LogP contribution in [0.2, 0.25) is 0 Å². The number of aliphatic imine (C=N–C) groups is 1. The SMILES string of the molecule is I.NC(=NCC1CCCCS1(=O)=O)Nc1ccc2c(c1)CCC2. The normalized spacial score (nSPS) is 23.0. The second-order valence-corrected chi connectivity index (χ2v) is 8.57. The summed E-state index contributed by atoms with van der Waals surface area (Å²) in [6, 6.07) is 6.25. The number of nitrogens with one attached hydrogen (secondary N) is 1. The molecule has 1 fully saturated rings. The summed E-state index contributed by atoms with van der Waals surface area (Å²) in [5.74, 6) is 0.574. The van der Waals surface area contributed by atoms with Crippen LogP contribution in [0.5, 0.6) is 0 Å². The van der Waals surface area contributed by atoms with Crippen molar-refractivity contribution in [2.75, 3.05) is 17.6 Å². The first kappa shape index (κ1) is 18.5. The Morgan fingerprint density at radius 1 is 1.22 bits per heavy atom. The van der Waals surface area contributed by atoms with Crippen molar-refractivity contribution in [1.82, 2.24) is 0 Å². The van der Waals surface area contributed by atoms with E-state index in [-0.39, 0.29) is 41.5 Å². The van der Waals surface area contributed by atoms with E-state index in [0.717, 1.165) is 31.4 Å². The Morgan fingerprint density at radius 2 is 2.00 bits per heavy atom. The predicted octanol–water partition coefficient (Wildman–Crippen LogP) is 2.49. The Bertz CT molecular complexity index is 689. The Kier molecular flexibility index (Phi) is 6.30. The van der Waals surface area contributed by atoms with Crippen LogP contribution in [-0.4, -0.2) is 31.9 Å². The summed E-state index contributed by atoms with van der Waals surface area (Å²) in [7, 11) is -2.99. The number of aryl methyl sites for hydroxylation is 2. The van der Waals surface area contributed by atoms with E-state index in [9.17, 15) is 8.42 Å². The molecule has 7 heteroatoms. The molecule has 23 heavy (non-hydrogen) atoms. The second kappa shape index (κ2) is 7.83. The minimum atomic E-state index is -2.99. The molecule has 128 valence electrons. The standard InChI is InChI=1S/C16H23N3O2S.HI/c17-16(18-11-15-6-1-2-9-22(15,20)21)19-14-8-7-12-4-3-5-13(12)10-14;/h7-8,10,15H,1-6,9,11H2,(H3,17,18,19);1H. The zero-order valence-electron chi connectivity index (χ0n) is 13.1. The summed E-state index contributed by atoms with van der Waals surface area (Å²) in [6.07, 6.45) is 5.89. The lowest BCUT2D eigenvalue weighted by molar-refractivity contribution is 0.541. The number of guanidine groups is 1. The molecule has 0 saturated carbocycles. The van der Waals surface area contributed by atoms with Gasteiger partial charge in [-0.1, -0.05) is 12.5 Å². The number of fused-ring (bicyclic) bond motifs is 1. The maximum Gasteiger partial charge on any atom is 0.193 e. The molecule has 1 aromatic rings. The lowest BCUT2D eigenvalue weighted by atomic mass is 10.1. The monoisotopic (exact) mass is 449 g/mol. The number of anilines is 1. The summed E-state index contributed by atoms with van der Waals surface area (Å²) >= 11 is 0. The molecule has 5 nitrogen and oxygen atoms in total. The minimum Gasteiger partial charge on any atom is -0.370 e. The highest BCUT2D eigenvalue weighted by Gasteiger charge is 2.28. The Hall–Kier alpha value is -0.830. The van der Waals surface area contributed by atoms with Crippen molar-refractivity contribution in [3.8, 4) is 0 Å². The lowest BCUT2D eigenvalue weighted by Gasteiger charge is -2.20. The minimum absolute atomic E-state index is 0. The van der Waals surface area contributed by atoms with Gasteiger partial charge in [0.2, 0.25) is 0 Å². The third-order valence-electron chi connectivity index (χ3n) is 4.55. The number of hydrogen-bond donors (Lipinski definition) is 2. The Balaban J connectivity index is 0.00000192. The molecule has 1 aliphatic carbocycles. The van der Waals surface area contributed by atoms with Crippen LogP contribution in [0.3, 0.4) is 0 Å². The van der Waals surface area contributed by atoms with Crippen LogP contribution in [0.25, 0.3) is 0 Å². The van der Waals surface area contributed by atoms with E-state index in [4.69, 9.17) is 5.73 Å². The Morgan fingerprint density at radius 3 is 2.78 bits per heavy atom. The highest BCUT2D eigenvalue weighted by atomic mass is 127. The number of benzene rings is 1. The van der Waals surface area contributed by atoms with Crippen molar-refractivity contribution in [3.63, 3.8) is 0 Å². The summed E-state index contributed by atoms with van der Waals surface area (Å²) in [4.78, 5) is 4.24. The van der Waals surface area contributed by atoms with Gasteiger partial charge in [0.25, 0.3) is 0 Å². The summed E-state index contributed by atoms with van der Waals surface area (Å²) in [5, 5.41) is 2.70. The van der Waals surface area contributed by atoms with Crippen LogP contribution in [0.15, 0.2) is 23.2 Å². The fourth-order valence-corrected chi connectivity index (χ4v) is 5.03. The second-order valence-electron chi connectivity index (χ2n) is 6.17. The highest BCUT2D eigenvalue weighted by molar-refractivity contribution is 14.0. The van der Waals surface area contributed by atoms with E-state index in [0.29, 0.717) is 12.4 Å². The molecule has 1 atom stereocenters. The maximum atomic E-state index is 12.0. The molecule has 1 aliphatic heterocycles. The van der Waals surface area contributed by atoms with Crippen molar-refractivity contribution in [2.45, 2.75) is 43.8 Å². The van der Waals surface area contributed by atoms with Crippen molar-refractivity contribution in [2.24, 2.45) is 10.7 Å². The topological polar surface area (TPSA) is 84.5 Å². The average Bonchev–Trinajstić information content (AvgIpc) is 2.93. The zero-order chi connectivity index (χ0) is 15.6. The largest absolute Gasteiger partial charge is 0.370 e. The number of rotatable bonds is 3. The van der Waals surface area contributed by atoms with Gasteiger partial charge in [-0.05, 0) is 55.4 Å². The molecule has 0 spiro atoms. The van der Waals surface area contributed by atoms with E-state index in [1.807, 2.05) is 6.07 Å². The van der Waals surface area contributed by atoms with Gasteiger partial charge in [-0.25, -0.2) is 8.42 Å². The summed E-state index contributed by atoms with van der Waals surface area (Å²) < 4.78 is 23.9. The van der Waals surface area contributed by atoms with Crippen molar-refractivity contribution >= 4 is 45.5 Å². The van der Waals surface area contributed by atoms with E-state index in [1.54, 1.807) is 0 Å². The van der Waals surface area contributed by atoms with Gasteiger partial charge in [0.15, 0.2) is 15.8 Å². The molecule has 0 radical (unpaired) electrons. The van der Waals surface area contributed by atoms with Gasteiger partial charge in [-0.2, -0.15) is 0 Å². The summed E-state index contributed by atoms with van der Waals surface area (Å²) in [6.45, 7) is 0.256. The molecular formula is C16H24IN3O2S. The van der Waals surface area contributed by atoms with Crippen LogP contribution in [0.4, 0.5) is 5.69 Å².